The van der Waals surface area contributed by atoms with Crippen LogP contribution in [0.25, 0.3) is 0 Å². The molecule has 2 aromatic rings. The van der Waals surface area contributed by atoms with Crippen LogP contribution in [0.15, 0.2) is 12.1 Å². The van der Waals surface area contributed by atoms with Gasteiger partial charge in [0.1, 0.15) is 5.82 Å². The Bertz CT molecular complexity index is 577. The van der Waals surface area contributed by atoms with E-state index in [9.17, 15) is 0 Å². The van der Waals surface area contributed by atoms with E-state index in [-0.39, 0.29) is 0 Å². The van der Waals surface area contributed by atoms with Gasteiger partial charge in [0, 0.05) is 31.1 Å². The van der Waals surface area contributed by atoms with Gasteiger partial charge >= 0.3 is 0 Å². The quantitative estimate of drug-likeness (QED) is 0.753. The molecule has 0 radical (unpaired) electrons. The lowest BCUT2D eigenvalue weighted by Gasteiger charge is -2.05. The van der Waals surface area contributed by atoms with Crippen LogP contribution in [0.2, 0.25) is 15.1 Å². The van der Waals surface area contributed by atoms with E-state index in [0.29, 0.717) is 44.9 Å². The van der Waals surface area contributed by atoms with Gasteiger partial charge in [-0.1, -0.05) is 34.8 Å². The summed E-state index contributed by atoms with van der Waals surface area (Å²) in [6.07, 6.45) is 0.630. The first-order valence-electron chi connectivity index (χ1n) is 5.24. The van der Waals surface area contributed by atoms with Crippen molar-refractivity contribution in [2.45, 2.75) is 6.42 Å². The van der Waals surface area contributed by atoms with Crippen molar-refractivity contribution < 1.29 is 9.47 Å². The summed E-state index contributed by atoms with van der Waals surface area (Å²) in [5.41, 5.74) is 0. The van der Waals surface area contributed by atoms with E-state index in [1.165, 1.54) is 6.07 Å². The zero-order valence-electron chi connectivity index (χ0n) is 9.82. The van der Waals surface area contributed by atoms with Gasteiger partial charge in [0.05, 0.1) is 21.7 Å². The maximum absolute atomic E-state index is 6.01. The maximum atomic E-state index is 6.01. The Hall–Kier alpha value is -0.590. The second kappa shape index (κ2) is 6.72. The average molecular weight is 340 g/mol. The standard InChI is InChI=1S/C11H9Cl3N2O2S/c1-17-3-2-10-15-11(19-16-10)18-9-5-7(13)6(12)4-8(9)14/h4-5H,2-3H2,1H3. The molecule has 0 bridgehead atoms. The maximum Gasteiger partial charge on any atom is 0.298 e. The van der Waals surface area contributed by atoms with Crippen LogP contribution in [0.5, 0.6) is 10.9 Å². The van der Waals surface area contributed by atoms with Crippen molar-refractivity contribution in [1.29, 1.82) is 0 Å². The highest BCUT2D eigenvalue weighted by atomic mass is 35.5. The van der Waals surface area contributed by atoms with E-state index in [1.807, 2.05) is 0 Å². The van der Waals surface area contributed by atoms with Crippen LogP contribution in [-0.4, -0.2) is 23.1 Å². The van der Waals surface area contributed by atoms with Crippen molar-refractivity contribution in [3.8, 4) is 10.9 Å². The minimum absolute atomic E-state index is 0.364. The molecule has 0 aliphatic heterocycles. The van der Waals surface area contributed by atoms with Gasteiger partial charge in [-0.05, 0) is 6.07 Å². The summed E-state index contributed by atoms with van der Waals surface area (Å²) in [6, 6.07) is 3.07. The Morgan fingerprint density at radius 3 is 2.63 bits per heavy atom. The van der Waals surface area contributed by atoms with Crippen LogP contribution < -0.4 is 4.74 Å². The SMILES string of the molecule is COCCc1nsc(Oc2cc(Cl)c(Cl)cc2Cl)n1. The number of hydrogen-bond acceptors (Lipinski definition) is 5. The molecule has 0 aliphatic carbocycles. The Labute approximate surface area is 129 Å². The summed E-state index contributed by atoms with van der Waals surface area (Å²) >= 11 is 18.9. The zero-order valence-corrected chi connectivity index (χ0v) is 12.9. The zero-order chi connectivity index (χ0) is 13.8. The molecule has 1 heterocycles. The van der Waals surface area contributed by atoms with E-state index in [4.69, 9.17) is 44.3 Å². The molecule has 0 atom stereocenters. The Balaban J connectivity index is 2.12. The number of halogens is 3. The van der Waals surface area contributed by atoms with Crippen LogP contribution in [0, 0.1) is 0 Å². The minimum atomic E-state index is 0.364. The molecule has 0 saturated heterocycles. The highest BCUT2D eigenvalue weighted by Crippen LogP contribution is 2.36. The van der Waals surface area contributed by atoms with Crippen molar-refractivity contribution in [2.24, 2.45) is 0 Å². The Morgan fingerprint density at radius 2 is 1.89 bits per heavy atom. The van der Waals surface area contributed by atoms with Crippen LogP contribution >= 0.6 is 46.3 Å². The first kappa shape index (κ1) is 14.8. The summed E-state index contributed by atoms with van der Waals surface area (Å²) in [6.45, 7) is 0.559. The van der Waals surface area contributed by atoms with Gasteiger partial charge in [-0.15, -0.1) is 0 Å². The molecule has 1 aromatic heterocycles. The summed E-state index contributed by atoms with van der Waals surface area (Å²) in [4.78, 5) is 4.21. The summed E-state index contributed by atoms with van der Waals surface area (Å²) in [5, 5.41) is 1.50. The third-order valence-corrected chi connectivity index (χ3v) is 3.80. The number of ether oxygens (including phenoxy) is 2. The third kappa shape index (κ3) is 3.94. The lowest BCUT2D eigenvalue weighted by atomic mass is 10.3. The molecule has 0 spiro atoms. The van der Waals surface area contributed by atoms with Gasteiger partial charge in [-0.25, -0.2) is 0 Å². The predicted molar refractivity (Wildman–Crippen MR) is 77.0 cm³/mol. The topological polar surface area (TPSA) is 44.2 Å². The second-order valence-corrected chi connectivity index (χ2v) is 5.45. The molecular formula is C11H9Cl3N2O2S. The Kier molecular flexibility index (Phi) is 5.24. The summed E-state index contributed by atoms with van der Waals surface area (Å²) < 4.78 is 14.6. The fourth-order valence-corrected chi connectivity index (χ4v) is 2.42. The molecule has 0 fully saturated rings. The molecule has 0 unspecified atom stereocenters. The molecule has 1 aromatic carbocycles. The first-order chi connectivity index (χ1) is 9.10. The van der Waals surface area contributed by atoms with Crippen molar-refractivity contribution in [3.63, 3.8) is 0 Å². The van der Waals surface area contributed by atoms with Crippen LogP contribution in [0.3, 0.4) is 0 Å². The molecule has 4 nitrogen and oxygen atoms in total. The van der Waals surface area contributed by atoms with Gasteiger partial charge in [0.2, 0.25) is 0 Å². The second-order valence-electron chi connectivity index (χ2n) is 3.52. The van der Waals surface area contributed by atoms with E-state index in [0.717, 1.165) is 11.5 Å². The molecule has 19 heavy (non-hydrogen) atoms. The fraction of sp³-hybridized carbons (Fsp3) is 0.273. The average Bonchev–Trinajstić information content (AvgIpc) is 2.81. The normalized spacial score (nSPS) is 10.7. The number of hydrogen-bond donors (Lipinski definition) is 0. The van der Waals surface area contributed by atoms with E-state index in [2.05, 4.69) is 9.36 Å². The number of methoxy groups -OCH3 is 1. The van der Waals surface area contributed by atoms with Gasteiger partial charge in [0.15, 0.2) is 5.75 Å². The van der Waals surface area contributed by atoms with E-state index in [1.54, 1.807) is 13.2 Å². The van der Waals surface area contributed by atoms with Crippen molar-refractivity contribution >= 4 is 46.3 Å². The number of aromatic nitrogens is 2. The van der Waals surface area contributed by atoms with Gasteiger partial charge in [-0.2, -0.15) is 9.36 Å². The Morgan fingerprint density at radius 1 is 1.16 bits per heavy atom. The molecule has 102 valence electrons. The van der Waals surface area contributed by atoms with Crippen LogP contribution in [0.4, 0.5) is 0 Å². The summed E-state index contributed by atoms with van der Waals surface area (Å²) in [5.74, 6) is 1.06. The largest absolute Gasteiger partial charge is 0.428 e. The van der Waals surface area contributed by atoms with Gasteiger partial charge in [-0.3, -0.25) is 0 Å². The number of benzene rings is 1. The highest BCUT2D eigenvalue weighted by molar-refractivity contribution is 7.07. The molecular weight excluding hydrogens is 331 g/mol. The van der Waals surface area contributed by atoms with Gasteiger partial charge < -0.3 is 9.47 Å². The van der Waals surface area contributed by atoms with Crippen molar-refractivity contribution in [1.82, 2.24) is 9.36 Å². The monoisotopic (exact) mass is 338 g/mol. The molecule has 0 aliphatic rings. The fourth-order valence-electron chi connectivity index (χ4n) is 1.25. The summed E-state index contributed by atoms with van der Waals surface area (Å²) in [7, 11) is 1.62. The van der Waals surface area contributed by atoms with Gasteiger partial charge in [0.25, 0.3) is 5.19 Å². The molecule has 0 saturated carbocycles. The van der Waals surface area contributed by atoms with Crippen LogP contribution in [-0.2, 0) is 11.2 Å². The number of nitrogens with zero attached hydrogens (tertiary/aromatic N) is 2. The van der Waals surface area contributed by atoms with E-state index >= 15 is 0 Å². The molecule has 0 amide bonds. The lowest BCUT2D eigenvalue weighted by Crippen LogP contribution is -1.96. The molecule has 8 heteroatoms. The van der Waals surface area contributed by atoms with Crippen LogP contribution in [0.1, 0.15) is 5.82 Å². The molecule has 0 N–H and O–H groups in total. The lowest BCUT2D eigenvalue weighted by molar-refractivity contribution is 0.200. The van der Waals surface area contributed by atoms with Crippen molar-refractivity contribution in [2.75, 3.05) is 13.7 Å². The van der Waals surface area contributed by atoms with Crippen molar-refractivity contribution in [3.05, 3.63) is 33.0 Å². The first-order valence-corrected chi connectivity index (χ1v) is 7.15. The number of rotatable bonds is 5. The third-order valence-electron chi connectivity index (χ3n) is 2.15. The smallest absolute Gasteiger partial charge is 0.298 e. The minimum Gasteiger partial charge on any atom is -0.428 e. The molecule has 2 rings (SSSR count). The van der Waals surface area contributed by atoms with E-state index < -0.39 is 0 Å². The highest BCUT2D eigenvalue weighted by Gasteiger charge is 2.11. The predicted octanol–water partition coefficient (Wildman–Crippen LogP) is 4.48.